The summed E-state index contributed by atoms with van der Waals surface area (Å²) in [5.41, 5.74) is 5.77. The predicted molar refractivity (Wildman–Crippen MR) is 57.1 cm³/mol. The second kappa shape index (κ2) is 3.78. The van der Waals surface area contributed by atoms with Crippen LogP contribution in [-0.2, 0) is 0 Å². The zero-order valence-corrected chi connectivity index (χ0v) is 8.76. The largest absolute Gasteiger partial charge is 0.330 e. The summed E-state index contributed by atoms with van der Waals surface area (Å²) >= 11 is 1.86. The molecule has 1 aliphatic heterocycles. The number of hydrogen-bond acceptors (Lipinski definition) is 3. The van der Waals surface area contributed by atoms with Crippen molar-refractivity contribution in [2.75, 3.05) is 26.7 Å². The molecule has 0 aliphatic carbocycles. The molecule has 2 rings (SSSR count). The standard InChI is InChI=1S/C10H16N2S/c1-12-6-8(5-11)9(7-12)10-3-2-4-13-10/h2-4,8-9H,5-7,11H2,1H3/t8-,9-/m0/s1. The van der Waals surface area contributed by atoms with Gasteiger partial charge in [-0.3, -0.25) is 0 Å². The molecule has 1 saturated heterocycles. The molecule has 1 aromatic rings. The molecule has 13 heavy (non-hydrogen) atoms. The quantitative estimate of drug-likeness (QED) is 0.773. The number of nitrogens with two attached hydrogens (primary N) is 1. The molecule has 0 bridgehead atoms. The van der Waals surface area contributed by atoms with Crippen molar-refractivity contribution in [3.05, 3.63) is 22.4 Å². The topological polar surface area (TPSA) is 29.3 Å². The van der Waals surface area contributed by atoms with Crippen LogP contribution in [-0.4, -0.2) is 31.6 Å². The smallest absolute Gasteiger partial charge is 0.0113 e. The van der Waals surface area contributed by atoms with Gasteiger partial charge in [0.05, 0.1) is 0 Å². The summed E-state index contributed by atoms with van der Waals surface area (Å²) in [7, 11) is 2.18. The van der Waals surface area contributed by atoms with E-state index in [1.807, 2.05) is 11.3 Å². The highest BCUT2D eigenvalue weighted by Crippen LogP contribution is 2.33. The monoisotopic (exact) mass is 196 g/mol. The van der Waals surface area contributed by atoms with E-state index < -0.39 is 0 Å². The van der Waals surface area contributed by atoms with E-state index in [-0.39, 0.29) is 0 Å². The van der Waals surface area contributed by atoms with Crippen LogP contribution in [0.1, 0.15) is 10.8 Å². The first-order valence-corrected chi connectivity index (χ1v) is 5.61. The molecule has 72 valence electrons. The van der Waals surface area contributed by atoms with Gasteiger partial charge >= 0.3 is 0 Å². The Bertz CT molecular complexity index is 258. The summed E-state index contributed by atoms with van der Waals surface area (Å²) < 4.78 is 0. The molecule has 3 heteroatoms. The lowest BCUT2D eigenvalue weighted by molar-refractivity contribution is 0.397. The molecular weight excluding hydrogens is 180 g/mol. The van der Waals surface area contributed by atoms with E-state index in [0.717, 1.165) is 13.1 Å². The van der Waals surface area contributed by atoms with Gasteiger partial charge in [0.1, 0.15) is 0 Å². The highest BCUT2D eigenvalue weighted by Gasteiger charge is 2.31. The Labute approximate surface area is 83.4 Å². The van der Waals surface area contributed by atoms with Crippen LogP contribution in [0.4, 0.5) is 0 Å². The minimum Gasteiger partial charge on any atom is -0.330 e. The molecule has 2 N–H and O–H groups in total. The maximum atomic E-state index is 5.77. The van der Waals surface area contributed by atoms with Gasteiger partial charge in [-0.15, -0.1) is 11.3 Å². The fourth-order valence-electron chi connectivity index (χ4n) is 2.15. The molecule has 0 radical (unpaired) electrons. The van der Waals surface area contributed by atoms with Crippen LogP contribution in [0.15, 0.2) is 17.5 Å². The van der Waals surface area contributed by atoms with Gasteiger partial charge in [0.2, 0.25) is 0 Å². The van der Waals surface area contributed by atoms with E-state index in [0.29, 0.717) is 11.8 Å². The van der Waals surface area contributed by atoms with Gasteiger partial charge in [-0.1, -0.05) is 6.07 Å². The Hall–Kier alpha value is -0.380. The number of nitrogens with zero attached hydrogens (tertiary/aromatic N) is 1. The fraction of sp³-hybridized carbons (Fsp3) is 0.600. The van der Waals surface area contributed by atoms with Gasteiger partial charge in [-0.2, -0.15) is 0 Å². The SMILES string of the molecule is CN1C[C@H](CN)[C@@H](c2cccs2)C1. The second-order valence-electron chi connectivity index (χ2n) is 3.84. The van der Waals surface area contributed by atoms with Gasteiger partial charge in [0, 0.05) is 23.9 Å². The Morgan fingerprint density at radius 1 is 1.62 bits per heavy atom. The van der Waals surface area contributed by atoms with Crippen molar-refractivity contribution < 1.29 is 0 Å². The molecule has 2 heterocycles. The summed E-state index contributed by atoms with van der Waals surface area (Å²) in [4.78, 5) is 3.88. The van der Waals surface area contributed by atoms with Crippen molar-refractivity contribution in [1.82, 2.24) is 4.90 Å². The molecule has 0 amide bonds. The molecule has 0 aromatic carbocycles. The minimum absolute atomic E-state index is 0.656. The number of rotatable bonds is 2. The van der Waals surface area contributed by atoms with Crippen LogP contribution in [0.25, 0.3) is 0 Å². The van der Waals surface area contributed by atoms with E-state index in [4.69, 9.17) is 5.73 Å². The third-order valence-electron chi connectivity index (χ3n) is 2.83. The number of likely N-dealkylation sites (N-methyl/N-ethyl adjacent to an activating group) is 1. The molecule has 1 aromatic heterocycles. The molecule has 1 aliphatic rings. The van der Waals surface area contributed by atoms with Crippen molar-refractivity contribution >= 4 is 11.3 Å². The summed E-state index contributed by atoms with van der Waals surface area (Å²) in [5, 5.41) is 2.15. The lowest BCUT2D eigenvalue weighted by Gasteiger charge is -2.14. The lowest BCUT2D eigenvalue weighted by atomic mass is 9.95. The summed E-state index contributed by atoms with van der Waals surface area (Å²) in [6.07, 6.45) is 0. The Kier molecular flexibility index (Phi) is 2.67. The lowest BCUT2D eigenvalue weighted by Crippen LogP contribution is -2.21. The zero-order valence-electron chi connectivity index (χ0n) is 7.94. The second-order valence-corrected chi connectivity index (χ2v) is 4.82. The highest BCUT2D eigenvalue weighted by atomic mass is 32.1. The third-order valence-corrected chi connectivity index (χ3v) is 3.84. The maximum Gasteiger partial charge on any atom is 0.0113 e. The van der Waals surface area contributed by atoms with Gasteiger partial charge in [0.25, 0.3) is 0 Å². The van der Waals surface area contributed by atoms with Crippen LogP contribution in [0.2, 0.25) is 0 Å². The minimum atomic E-state index is 0.656. The number of likely N-dealkylation sites (tertiary alicyclic amines) is 1. The van der Waals surface area contributed by atoms with E-state index in [1.54, 1.807) is 0 Å². The molecule has 2 nitrogen and oxygen atoms in total. The average molecular weight is 196 g/mol. The predicted octanol–water partition coefficient (Wildman–Crippen LogP) is 1.35. The van der Waals surface area contributed by atoms with Gasteiger partial charge in [-0.25, -0.2) is 0 Å². The van der Waals surface area contributed by atoms with Crippen molar-refractivity contribution in [1.29, 1.82) is 0 Å². The Balaban J connectivity index is 2.14. The molecule has 0 unspecified atom stereocenters. The normalized spacial score (nSPS) is 29.7. The average Bonchev–Trinajstić information content (AvgIpc) is 2.71. The van der Waals surface area contributed by atoms with Crippen molar-refractivity contribution in [3.63, 3.8) is 0 Å². The van der Waals surface area contributed by atoms with Crippen LogP contribution >= 0.6 is 11.3 Å². The summed E-state index contributed by atoms with van der Waals surface area (Å²) in [5.74, 6) is 1.33. The summed E-state index contributed by atoms with van der Waals surface area (Å²) in [6.45, 7) is 3.13. The van der Waals surface area contributed by atoms with Gasteiger partial charge in [-0.05, 0) is 31.0 Å². The van der Waals surface area contributed by atoms with Crippen molar-refractivity contribution in [3.8, 4) is 0 Å². The molecule has 0 saturated carbocycles. The fourth-order valence-corrected chi connectivity index (χ4v) is 3.06. The zero-order chi connectivity index (χ0) is 9.26. The summed E-state index contributed by atoms with van der Waals surface area (Å²) in [6, 6.07) is 4.36. The van der Waals surface area contributed by atoms with Crippen molar-refractivity contribution in [2.24, 2.45) is 11.7 Å². The first-order chi connectivity index (χ1) is 6.31. The van der Waals surface area contributed by atoms with E-state index in [9.17, 15) is 0 Å². The number of thiophene rings is 1. The first kappa shape index (κ1) is 9.19. The third kappa shape index (κ3) is 1.77. The van der Waals surface area contributed by atoms with Crippen LogP contribution in [0, 0.1) is 5.92 Å². The van der Waals surface area contributed by atoms with E-state index in [1.165, 1.54) is 11.4 Å². The van der Waals surface area contributed by atoms with E-state index in [2.05, 4.69) is 29.5 Å². The molecular formula is C10H16N2S. The van der Waals surface area contributed by atoms with Gasteiger partial charge < -0.3 is 10.6 Å². The Morgan fingerprint density at radius 2 is 2.46 bits per heavy atom. The molecule has 2 atom stereocenters. The Morgan fingerprint density at radius 3 is 3.08 bits per heavy atom. The first-order valence-electron chi connectivity index (χ1n) is 4.73. The van der Waals surface area contributed by atoms with Crippen LogP contribution in [0.3, 0.4) is 0 Å². The van der Waals surface area contributed by atoms with Crippen LogP contribution in [0.5, 0.6) is 0 Å². The highest BCUT2D eigenvalue weighted by molar-refractivity contribution is 7.10. The molecule has 0 spiro atoms. The van der Waals surface area contributed by atoms with Crippen molar-refractivity contribution in [2.45, 2.75) is 5.92 Å². The van der Waals surface area contributed by atoms with Crippen LogP contribution < -0.4 is 5.73 Å². The maximum absolute atomic E-state index is 5.77. The molecule has 1 fully saturated rings. The van der Waals surface area contributed by atoms with E-state index >= 15 is 0 Å². The number of hydrogen-bond donors (Lipinski definition) is 1. The van der Waals surface area contributed by atoms with Gasteiger partial charge in [0.15, 0.2) is 0 Å².